The Balaban J connectivity index is 0.00000480. The van der Waals surface area contributed by atoms with E-state index in [1.807, 2.05) is 24.4 Å². The molecule has 2 aromatic heterocycles. The molecular formula is C49H42IrN2-2. The van der Waals surface area contributed by atoms with E-state index in [1.165, 1.54) is 34.0 Å². The van der Waals surface area contributed by atoms with Gasteiger partial charge < -0.3 is 9.97 Å². The molecule has 1 radical (unpaired) electrons. The van der Waals surface area contributed by atoms with Gasteiger partial charge in [-0.25, -0.2) is 0 Å². The summed E-state index contributed by atoms with van der Waals surface area (Å²) in [7, 11) is 0. The van der Waals surface area contributed by atoms with E-state index in [9.17, 15) is 0 Å². The van der Waals surface area contributed by atoms with Gasteiger partial charge in [0.1, 0.15) is 0 Å². The second kappa shape index (κ2) is 16.2. The number of aromatic nitrogens is 2. The first-order chi connectivity index (χ1) is 26.6. The number of benzene rings is 5. The average molecular weight is 855 g/mol. The molecule has 0 aliphatic heterocycles. The predicted octanol–water partition coefficient (Wildman–Crippen LogP) is 12.5. The topological polar surface area (TPSA) is 25.8 Å². The second-order valence-electron chi connectivity index (χ2n) is 13.6. The van der Waals surface area contributed by atoms with Crippen molar-refractivity contribution in [3.63, 3.8) is 0 Å². The van der Waals surface area contributed by atoms with Crippen LogP contribution in [0.25, 0.3) is 55.9 Å². The maximum absolute atomic E-state index is 8.87. The molecule has 0 bridgehead atoms. The van der Waals surface area contributed by atoms with Crippen LogP contribution in [0.4, 0.5) is 0 Å². The molecule has 1 saturated carbocycles. The van der Waals surface area contributed by atoms with E-state index in [4.69, 9.17) is 10.5 Å². The molecule has 7 aromatic rings. The molecule has 1 fully saturated rings. The summed E-state index contributed by atoms with van der Waals surface area (Å²) in [5.74, 6) is -0.437. The van der Waals surface area contributed by atoms with E-state index in [0.717, 1.165) is 83.2 Å². The van der Waals surface area contributed by atoms with E-state index in [0.29, 0.717) is 5.69 Å². The molecular weight excluding hydrogens is 809 g/mol. The van der Waals surface area contributed by atoms with E-state index in [2.05, 4.69) is 121 Å². The molecule has 2 heterocycles. The van der Waals surface area contributed by atoms with E-state index in [-0.39, 0.29) is 25.7 Å². The van der Waals surface area contributed by atoms with Crippen LogP contribution in [0.1, 0.15) is 64.9 Å². The third-order valence-electron chi connectivity index (χ3n) is 9.99. The molecule has 259 valence electrons. The van der Waals surface area contributed by atoms with Crippen molar-refractivity contribution in [2.75, 3.05) is 0 Å². The molecule has 1 aliphatic rings. The number of pyridine rings is 2. The van der Waals surface area contributed by atoms with E-state index < -0.39 is 12.7 Å². The summed E-state index contributed by atoms with van der Waals surface area (Å²) in [4.78, 5) is 9.06. The Labute approximate surface area is 328 Å². The monoisotopic (exact) mass is 855 g/mol. The standard InChI is InChI=1S/C49H42N2.Ir/c1-34-11-26-48(51-33-34)42-16-14-36(15-17-42)12-13-37-29-35(2)30-45(31-37)47-10-6-5-9-46(47)41-22-24-43(25-23-41)49-32-44(27-28-50-49)40-20-18-39(19-21-40)38-7-3-4-8-38;/h5-6,9-11,14-16,18-24,26-33,38H,3-4,7-8,12-13H2,1-2H3;/q-2;/i1D3,38D;. The predicted molar refractivity (Wildman–Crippen MR) is 211 cm³/mol. The number of aryl methyl sites for hydroxylation is 4. The molecule has 52 heavy (non-hydrogen) atoms. The fourth-order valence-electron chi connectivity index (χ4n) is 7.26. The molecule has 8 rings (SSSR count). The Hall–Kier alpha value is -4.95. The maximum atomic E-state index is 8.87. The van der Waals surface area contributed by atoms with Crippen LogP contribution in [-0.4, -0.2) is 9.97 Å². The smallest absolute Gasteiger partial charge is 0.0352 e. The van der Waals surface area contributed by atoms with Crippen molar-refractivity contribution < 1.29 is 25.6 Å². The van der Waals surface area contributed by atoms with Crippen molar-refractivity contribution in [3.05, 3.63) is 180 Å². The fraction of sp³-hybridized carbons (Fsp3) is 0.184. The number of hydrogen-bond acceptors (Lipinski definition) is 2. The molecule has 3 heteroatoms. The molecule has 0 amide bonds. The zero-order valence-electron chi connectivity index (χ0n) is 33.2. The summed E-state index contributed by atoms with van der Waals surface area (Å²) >= 11 is 0. The van der Waals surface area contributed by atoms with E-state index >= 15 is 0 Å². The van der Waals surface area contributed by atoms with Gasteiger partial charge in [0.05, 0.1) is 0 Å². The summed E-state index contributed by atoms with van der Waals surface area (Å²) in [6, 6.07) is 50.8. The summed E-state index contributed by atoms with van der Waals surface area (Å²) in [6.07, 6.45) is 9.22. The van der Waals surface area contributed by atoms with Crippen molar-refractivity contribution in [1.82, 2.24) is 9.97 Å². The maximum Gasteiger partial charge on any atom is 0.0352 e. The fourth-order valence-corrected chi connectivity index (χ4v) is 7.26. The molecule has 0 saturated heterocycles. The van der Waals surface area contributed by atoms with Gasteiger partial charge in [-0.1, -0.05) is 121 Å². The zero-order chi connectivity index (χ0) is 38.0. The SMILES string of the molecule is [2H]C([2H])([2H])c1ccc(-c2[c-]cc(CCc3cc(C)cc(-c4ccccc4-c4c[c-]c(-c5cc(-c6ccc(C7([2H])CCCC7)cc6)ccn5)cc4)c3)cc2)nc1.[Ir]. The van der Waals surface area contributed by atoms with Gasteiger partial charge in [0.25, 0.3) is 0 Å². The average Bonchev–Trinajstić information content (AvgIpc) is 3.67. The van der Waals surface area contributed by atoms with Crippen LogP contribution < -0.4 is 0 Å². The first kappa shape index (κ1) is 30.7. The minimum Gasteiger partial charge on any atom is -0.305 e. The van der Waals surface area contributed by atoms with Crippen LogP contribution in [-0.2, 0) is 32.9 Å². The molecule has 5 aromatic carbocycles. The van der Waals surface area contributed by atoms with Crippen molar-refractivity contribution in [2.45, 2.75) is 58.2 Å². The normalized spacial score (nSPS) is 14.8. The molecule has 1 aliphatic carbocycles. The molecule has 0 unspecified atom stereocenters. The van der Waals surface area contributed by atoms with Crippen molar-refractivity contribution >= 4 is 0 Å². The van der Waals surface area contributed by atoms with Crippen LogP contribution in [0.3, 0.4) is 0 Å². The second-order valence-corrected chi connectivity index (χ2v) is 13.6. The number of nitrogens with zero attached hydrogens (tertiary/aromatic N) is 2. The van der Waals surface area contributed by atoms with Gasteiger partial charge in [0, 0.05) is 38.0 Å². The third-order valence-corrected chi connectivity index (χ3v) is 9.99. The largest absolute Gasteiger partial charge is 0.305 e. The summed E-state index contributed by atoms with van der Waals surface area (Å²) in [5.41, 5.74) is 15.3. The number of hydrogen-bond donors (Lipinski definition) is 0. The Morgan fingerprint density at radius 3 is 2.08 bits per heavy atom. The van der Waals surface area contributed by atoms with Gasteiger partial charge >= 0.3 is 0 Å². The Bertz CT molecular complexity index is 2420. The van der Waals surface area contributed by atoms with Crippen LogP contribution >= 0.6 is 0 Å². The molecule has 0 spiro atoms. The first-order valence-corrected chi connectivity index (χ1v) is 17.9. The van der Waals surface area contributed by atoms with Crippen LogP contribution in [0.2, 0.25) is 0 Å². The van der Waals surface area contributed by atoms with E-state index in [1.54, 1.807) is 12.1 Å². The van der Waals surface area contributed by atoms with Gasteiger partial charge in [0.2, 0.25) is 0 Å². The minimum atomic E-state index is -2.16. The van der Waals surface area contributed by atoms with Crippen LogP contribution in [0.5, 0.6) is 0 Å². The third kappa shape index (κ3) is 8.07. The van der Waals surface area contributed by atoms with Crippen molar-refractivity contribution in [2.24, 2.45) is 0 Å². The summed E-state index contributed by atoms with van der Waals surface area (Å²) in [5, 5.41) is 0. The van der Waals surface area contributed by atoms with Gasteiger partial charge in [-0.3, -0.25) is 0 Å². The minimum absolute atomic E-state index is 0. The van der Waals surface area contributed by atoms with Crippen molar-refractivity contribution in [1.29, 1.82) is 0 Å². The van der Waals surface area contributed by atoms with Crippen molar-refractivity contribution in [3.8, 4) is 55.9 Å². The Morgan fingerprint density at radius 1 is 0.635 bits per heavy atom. The van der Waals surface area contributed by atoms with Gasteiger partial charge in [0.15, 0.2) is 0 Å². The Morgan fingerprint density at radius 2 is 1.37 bits per heavy atom. The molecule has 0 atom stereocenters. The van der Waals surface area contributed by atoms with Crippen LogP contribution in [0.15, 0.2) is 140 Å². The summed E-state index contributed by atoms with van der Waals surface area (Å²) in [6.45, 7) is -0.00718. The van der Waals surface area contributed by atoms with Gasteiger partial charge in [-0.15, -0.1) is 65.2 Å². The number of rotatable bonds is 9. The zero-order valence-corrected chi connectivity index (χ0v) is 31.6. The van der Waals surface area contributed by atoms with Crippen LogP contribution in [0, 0.1) is 25.9 Å². The summed E-state index contributed by atoms with van der Waals surface area (Å²) < 4.78 is 31.6. The van der Waals surface area contributed by atoms with Gasteiger partial charge in [-0.2, -0.15) is 0 Å². The first-order valence-electron chi connectivity index (χ1n) is 19.9. The molecule has 0 N–H and O–H groups in total. The quantitative estimate of drug-likeness (QED) is 0.135. The van der Waals surface area contributed by atoms with Gasteiger partial charge in [-0.05, 0) is 95.3 Å². The molecule has 2 nitrogen and oxygen atoms in total. The Kier molecular flexibility index (Phi) is 9.53.